The summed E-state index contributed by atoms with van der Waals surface area (Å²) in [5.74, 6) is 0.899. The maximum absolute atomic E-state index is 12.8. The number of benzene rings is 1. The van der Waals surface area contributed by atoms with E-state index < -0.39 is 23.8 Å². The van der Waals surface area contributed by atoms with Crippen molar-refractivity contribution in [2.45, 2.75) is 45.4 Å². The van der Waals surface area contributed by atoms with Crippen molar-refractivity contribution >= 4 is 12.0 Å². The number of amides is 2. The molecule has 8 nitrogen and oxygen atoms in total. The van der Waals surface area contributed by atoms with Gasteiger partial charge in [0.1, 0.15) is 29.3 Å². The minimum Gasteiger partial charge on any atom is -0.496 e. The second-order valence-electron chi connectivity index (χ2n) is 7.45. The van der Waals surface area contributed by atoms with Crippen molar-refractivity contribution in [3.63, 3.8) is 0 Å². The second kappa shape index (κ2) is 8.77. The third-order valence-electron chi connectivity index (χ3n) is 3.98. The molecule has 2 rings (SSSR count). The van der Waals surface area contributed by atoms with Crippen LogP contribution in [0.4, 0.5) is 4.79 Å². The van der Waals surface area contributed by atoms with E-state index in [0.717, 1.165) is 5.56 Å². The van der Waals surface area contributed by atoms with E-state index in [9.17, 15) is 9.59 Å². The Labute approximate surface area is 165 Å². The third-order valence-corrected chi connectivity index (χ3v) is 3.98. The van der Waals surface area contributed by atoms with Gasteiger partial charge in [-0.15, -0.1) is 0 Å². The van der Waals surface area contributed by atoms with E-state index in [4.69, 9.17) is 9.47 Å². The molecule has 0 spiro atoms. The lowest BCUT2D eigenvalue weighted by molar-refractivity contribution is -0.123. The first-order valence-corrected chi connectivity index (χ1v) is 9.02. The van der Waals surface area contributed by atoms with Crippen LogP contribution >= 0.6 is 0 Å². The molecular formula is C20H28N4O4. The van der Waals surface area contributed by atoms with Crippen molar-refractivity contribution in [2.75, 3.05) is 7.11 Å². The van der Waals surface area contributed by atoms with Gasteiger partial charge >= 0.3 is 6.09 Å². The van der Waals surface area contributed by atoms with Crippen molar-refractivity contribution in [2.24, 2.45) is 7.05 Å². The van der Waals surface area contributed by atoms with Gasteiger partial charge in [0, 0.05) is 25.0 Å². The smallest absolute Gasteiger partial charge is 0.408 e. The summed E-state index contributed by atoms with van der Waals surface area (Å²) >= 11 is 0. The highest BCUT2D eigenvalue weighted by molar-refractivity contribution is 5.85. The number of imidazole rings is 1. The van der Waals surface area contributed by atoms with Crippen LogP contribution in [0, 0.1) is 0 Å². The Morgan fingerprint density at radius 1 is 1.18 bits per heavy atom. The van der Waals surface area contributed by atoms with E-state index in [-0.39, 0.29) is 5.91 Å². The van der Waals surface area contributed by atoms with Gasteiger partial charge < -0.3 is 24.7 Å². The second-order valence-corrected chi connectivity index (χ2v) is 7.45. The topological polar surface area (TPSA) is 94.5 Å². The average molecular weight is 388 g/mol. The first-order chi connectivity index (χ1) is 13.1. The Bertz CT molecular complexity index is 826. The molecule has 0 aliphatic carbocycles. The summed E-state index contributed by atoms with van der Waals surface area (Å²) in [6, 6.07) is 6.05. The predicted octanol–water partition coefficient (Wildman–Crippen LogP) is 2.55. The zero-order valence-electron chi connectivity index (χ0n) is 17.1. The van der Waals surface area contributed by atoms with Crippen molar-refractivity contribution < 1.29 is 19.1 Å². The molecule has 1 aromatic heterocycles. The van der Waals surface area contributed by atoms with Crippen molar-refractivity contribution in [3.05, 3.63) is 48.0 Å². The molecule has 28 heavy (non-hydrogen) atoms. The number of nitrogens with one attached hydrogen (secondary N) is 2. The molecule has 0 saturated carbocycles. The minimum absolute atomic E-state index is 0.371. The first-order valence-electron chi connectivity index (χ1n) is 9.02. The molecule has 2 atom stereocenters. The highest BCUT2D eigenvalue weighted by Crippen LogP contribution is 2.29. The number of alkyl carbamates (subject to hydrolysis) is 1. The normalized spacial score (nSPS) is 13.4. The molecule has 0 radical (unpaired) electrons. The van der Waals surface area contributed by atoms with Crippen LogP contribution in [-0.2, 0) is 16.6 Å². The Morgan fingerprint density at radius 3 is 2.43 bits per heavy atom. The van der Waals surface area contributed by atoms with Crippen molar-refractivity contribution in [3.8, 4) is 5.75 Å². The van der Waals surface area contributed by atoms with E-state index in [1.54, 1.807) is 47.2 Å². The number of nitrogens with zero attached hydrogens (tertiary/aromatic N) is 2. The van der Waals surface area contributed by atoms with Gasteiger partial charge in [0.05, 0.1) is 7.11 Å². The van der Waals surface area contributed by atoms with Gasteiger partial charge in [0.25, 0.3) is 0 Å². The number of rotatable bonds is 6. The van der Waals surface area contributed by atoms with E-state index in [0.29, 0.717) is 11.6 Å². The molecule has 8 heteroatoms. The van der Waals surface area contributed by atoms with E-state index >= 15 is 0 Å². The fourth-order valence-corrected chi connectivity index (χ4v) is 2.66. The SMILES string of the molecule is COc1ccccc1C(NC(=O)[C@@H](C)NC(=O)OC(C)(C)C)c1nccn1C. The molecule has 0 saturated heterocycles. The van der Waals surface area contributed by atoms with Gasteiger partial charge in [0.15, 0.2) is 0 Å². The summed E-state index contributed by atoms with van der Waals surface area (Å²) in [4.78, 5) is 29.1. The molecule has 152 valence electrons. The van der Waals surface area contributed by atoms with E-state index in [1.807, 2.05) is 35.9 Å². The third kappa shape index (κ3) is 5.48. The number of methoxy groups -OCH3 is 1. The maximum atomic E-state index is 12.8. The lowest BCUT2D eigenvalue weighted by Gasteiger charge is -2.24. The van der Waals surface area contributed by atoms with Crippen molar-refractivity contribution in [1.82, 2.24) is 20.2 Å². The average Bonchev–Trinajstić information content (AvgIpc) is 3.03. The summed E-state index contributed by atoms with van der Waals surface area (Å²) in [6.45, 7) is 6.87. The van der Waals surface area contributed by atoms with E-state index in [2.05, 4.69) is 15.6 Å². The van der Waals surface area contributed by atoms with Crippen LogP contribution in [0.2, 0.25) is 0 Å². The largest absolute Gasteiger partial charge is 0.496 e. The Balaban J connectivity index is 2.22. The summed E-state index contributed by atoms with van der Waals surface area (Å²) < 4.78 is 12.5. The Kier molecular flexibility index (Phi) is 6.66. The monoisotopic (exact) mass is 388 g/mol. The number of carbonyl (C=O) groups excluding carboxylic acids is 2. The lowest BCUT2D eigenvalue weighted by Crippen LogP contribution is -2.47. The number of para-hydroxylation sites is 1. The van der Waals surface area contributed by atoms with Crippen molar-refractivity contribution in [1.29, 1.82) is 0 Å². The number of carbonyl (C=O) groups is 2. The standard InChI is InChI=1S/C20H28N4O4/c1-13(22-19(26)28-20(2,3)4)18(25)23-16(17-21-11-12-24(17)5)14-9-7-8-10-15(14)27-6/h7-13,16H,1-6H3,(H,22,26)(H,23,25)/t13-,16?/m1/s1. The molecule has 2 N–H and O–H groups in total. The van der Waals surface area contributed by atoms with Crippen LogP contribution in [0.15, 0.2) is 36.7 Å². The lowest BCUT2D eigenvalue weighted by atomic mass is 10.0. The summed E-state index contributed by atoms with van der Waals surface area (Å²) in [5, 5.41) is 5.50. The molecule has 2 amide bonds. The van der Waals surface area contributed by atoms with Gasteiger partial charge in [-0.05, 0) is 33.8 Å². The van der Waals surface area contributed by atoms with Gasteiger partial charge in [-0.25, -0.2) is 9.78 Å². The van der Waals surface area contributed by atoms with Crippen LogP contribution in [0.1, 0.15) is 45.1 Å². The van der Waals surface area contributed by atoms with Crippen LogP contribution < -0.4 is 15.4 Å². The Morgan fingerprint density at radius 2 is 1.86 bits per heavy atom. The van der Waals surface area contributed by atoms with Crippen LogP contribution in [-0.4, -0.2) is 40.3 Å². The minimum atomic E-state index is -0.799. The molecule has 0 bridgehead atoms. The number of hydrogen-bond donors (Lipinski definition) is 2. The van der Waals surface area contributed by atoms with Crippen LogP contribution in [0.3, 0.4) is 0 Å². The molecule has 2 aromatic rings. The Hall–Kier alpha value is -3.03. The molecule has 0 fully saturated rings. The summed E-state index contributed by atoms with van der Waals surface area (Å²) in [6.07, 6.45) is 2.81. The molecule has 1 heterocycles. The van der Waals surface area contributed by atoms with Gasteiger partial charge in [-0.2, -0.15) is 0 Å². The quantitative estimate of drug-likeness (QED) is 0.793. The zero-order chi connectivity index (χ0) is 20.9. The summed E-state index contributed by atoms with van der Waals surface area (Å²) in [7, 11) is 3.42. The first kappa shape index (κ1) is 21.3. The number of hydrogen-bond acceptors (Lipinski definition) is 5. The zero-order valence-corrected chi connectivity index (χ0v) is 17.1. The molecule has 0 aliphatic rings. The molecular weight excluding hydrogens is 360 g/mol. The van der Waals surface area contributed by atoms with Gasteiger partial charge in [-0.3, -0.25) is 4.79 Å². The molecule has 1 unspecified atom stereocenters. The predicted molar refractivity (Wildman–Crippen MR) is 105 cm³/mol. The number of aryl methyl sites for hydroxylation is 1. The number of ether oxygens (including phenoxy) is 2. The van der Waals surface area contributed by atoms with Gasteiger partial charge in [0.2, 0.25) is 5.91 Å². The summed E-state index contributed by atoms with van der Waals surface area (Å²) in [5.41, 5.74) is 0.116. The van der Waals surface area contributed by atoms with E-state index in [1.165, 1.54) is 0 Å². The molecule has 1 aromatic carbocycles. The number of aromatic nitrogens is 2. The van der Waals surface area contributed by atoms with Gasteiger partial charge in [-0.1, -0.05) is 18.2 Å². The van der Waals surface area contributed by atoms with Crippen LogP contribution in [0.5, 0.6) is 5.75 Å². The fraction of sp³-hybridized carbons (Fsp3) is 0.450. The fourth-order valence-electron chi connectivity index (χ4n) is 2.66. The maximum Gasteiger partial charge on any atom is 0.408 e. The van der Waals surface area contributed by atoms with Crippen LogP contribution in [0.25, 0.3) is 0 Å². The molecule has 0 aliphatic heterocycles. The highest BCUT2D eigenvalue weighted by atomic mass is 16.6. The highest BCUT2D eigenvalue weighted by Gasteiger charge is 2.27.